The molecular weight excluding hydrogens is 259 g/mol. The van der Waals surface area contributed by atoms with Gasteiger partial charge in [-0.3, -0.25) is 10.1 Å². The predicted octanol–water partition coefficient (Wildman–Crippen LogP) is 2.47. The summed E-state index contributed by atoms with van der Waals surface area (Å²) in [6.07, 6.45) is 0. The zero-order chi connectivity index (χ0) is 10.0. The first-order chi connectivity index (χ1) is 6.06. The summed E-state index contributed by atoms with van der Waals surface area (Å²) in [7, 11) is 0. The molecule has 1 aromatic rings. The van der Waals surface area contributed by atoms with Crippen molar-refractivity contribution >= 4 is 33.2 Å². The highest BCUT2D eigenvalue weighted by molar-refractivity contribution is 9.10. The van der Waals surface area contributed by atoms with Crippen molar-refractivity contribution in [1.29, 1.82) is 0 Å². The highest BCUT2D eigenvalue weighted by Crippen LogP contribution is 2.30. The predicted molar refractivity (Wildman–Crippen MR) is 53.7 cm³/mol. The molecule has 0 atom stereocenters. The molecule has 0 amide bonds. The van der Waals surface area contributed by atoms with E-state index in [-0.39, 0.29) is 12.2 Å². The van der Waals surface area contributed by atoms with Gasteiger partial charge in [0.05, 0.1) is 9.95 Å². The van der Waals surface area contributed by atoms with E-state index >= 15 is 0 Å². The highest BCUT2D eigenvalue weighted by Gasteiger charge is 2.14. The van der Waals surface area contributed by atoms with Crippen LogP contribution in [0.5, 0.6) is 0 Å². The molecule has 0 spiro atoms. The quantitative estimate of drug-likeness (QED) is 0.659. The average Bonchev–Trinajstić information content (AvgIpc) is 2.08. The lowest BCUT2D eigenvalue weighted by Gasteiger charge is -2.01. The Kier molecular flexibility index (Phi) is 3.24. The molecule has 0 bridgehead atoms. The van der Waals surface area contributed by atoms with Crippen molar-refractivity contribution in [2.45, 2.75) is 6.54 Å². The molecule has 1 aromatic carbocycles. The summed E-state index contributed by atoms with van der Waals surface area (Å²) in [6.45, 7) is 0.117. The first-order valence-electron chi connectivity index (χ1n) is 3.38. The molecule has 0 aromatic heterocycles. The lowest BCUT2D eigenvalue weighted by Crippen LogP contribution is -2.01. The largest absolute Gasteiger partial charge is 0.326 e. The smallest absolute Gasteiger partial charge is 0.275 e. The third-order valence-electron chi connectivity index (χ3n) is 1.54. The minimum atomic E-state index is -0.499. The number of hydrogen-bond acceptors (Lipinski definition) is 3. The fourth-order valence-electron chi connectivity index (χ4n) is 0.911. The zero-order valence-corrected chi connectivity index (χ0v) is 8.80. The first kappa shape index (κ1) is 10.4. The SMILES string of the molecule is NCc1cc(Br)c(Cl)cc1[N+](=O)[O-]. The van der Waals surface area contributed by atoms with Gasteiger partial charge in [-0.1, -0.05) is 11.6 Å². The maximum absolute atomic E-state index is 10.5. The van der Waals surface area contributed by atoms with Crippen molar-refractivity contribution in [3.05, 3.63) is 37.3 Å². The molecule has 0 saturated carbocycles. The van der Waals surface area contributed by atoms with E-state index in [0.29, 0.717) is 15.1 Å². The number of nitro benzene ring substituents is 1. The van der Waals surface area contributed by atoms with Crippen molar-refractivity contribution in [2.75, 3.05) is 0 Å². The number of rotatable bonds is 2. The Bertz CT molecular complexity index is 357. The summed E-state index contributed by atoms with van der Waals surface area (Å²) < 4.78 is 0.611. The Labute approximate surface area is 88.0 Å². The number of halogens is 2. The van der Waals surface area contributed by atoms with Crippen molar-refractivity contribution in [3.63, 3.8) is 0 Å². The molecule has 0 aliphatic rings. The Morgan fingerprint density at radius 3 is 2.69 bits per heavy atom. The van der Waals surface area contributed by atoms with Gasteiger partial charge in [0.25, 0.3) is 5.69 Å². The highest BCUT2D eigenvalue weighted by atomic mass is 79.9. The van der Waals surface area contributed by atoms with Gasteiger partial charge in [0.15, 0.2) is 0 Å². The van der Waals surface area contributed by atoms with E-state index < -0.39 is 4.92 Å². The van der Waals surface area contributed by atoms with E-state index in [1.165, 1.54) is 6.07 Å². The number of nitro groups is 1. The van der Waals surface area contributed by atoms with E-state index in [1.54, 1.807) is 6.07 Å². The lowest BCUT2D eigenvalue weighted by molar-refractivity contribution is -0.385. The van der Waals surface area contributed by atoms with E-state index in [4.69, 9.17) is 17.3 Å². The molecule has 4 nitrogen and oxygen atoms in total. The van der Waals surface area contributed by atoms with Gasteiger partial charge in [0.1, 0.15) is 0 Å². The molecule has 13 heavy (non-hydrogen) atoms. The van der Waals surface area contributed by atoms with Crippen LogP contribution in [0.1, 0.15) is 5.56 Å². The summed E-state index contributed by atoms with van der Waals surface area (Å²) in [4.78, 5) is 10.0. The summed E-state index contributed by atoms with van der Waals surface area (Å²) >= 11 is 8.85. The summed E-state index contributed by atoms with van der Waals surface area (Å²) in [5.41, 5.74) is 5.75. The fourth-order valence-corrected chi connectivity index (χ4v) is 1.46. The van der Waals surface area contributed by atoms with Crippen LogP contribution in [0.3, 0.4) is 0 Å². The van der Waals surface area contributed by atoms with Gasteiger partial charge in [-0.2, -0.15) is 0 Å². The number of benzene rings is 1. The van der Waals surface area contributed by atoms with Crippen molar-refractivity contribution in [1.82, 2.24) is 0 Å². The topological polar surface area (TPSA) is 69.2 Å². The van der Waals surface area contributed by atoms with Gasteiger partial charge in [-0.25, -0.2) is 0 Å². The Balaban J connectivity index is 3.33. The lowest BCUT2D eigenvalue weighted by atomic mass is 10.2. The molecule has 70 valence electrons. The van der Waals surface area contributed by atoms with Gasteiger partial charge in [-0.15, -0.1) is 0 Å². The third kappa shape index (κ3) is 2.18. The van der Waals surface area contributed by atoms with Crippen LogP contribution in [0.2, 0.25) is 5.02 Å². The van der Waals surface area contributed by atoms with E-state index in [0.717, 1.165) is 0 Å². The van der Waals surface area contributed by atoms with Crippen molar-refractivity contribution in [2.24, 2.45) is 5.73 Å². The van der Waals surface area contributed by atoms with Gasteiger partial charge in [-0.05, 0) is 22.0 Å². The fraction of sp³-hybridized carbons (Fsp3) is 0.143. The molecule has 6 heteroatoms. The maximum atomic E-state index is 10.5. The molecule has 0 aliphatic heterocycles. The number of nitrogens with zero attached hydrogens (tertiary/aromatic N) is 1. The van der Waals surface area contributed by atoms with Crippen LogP contribution in [0.4, 0.5) is 5.69 Å². The molecule has 0 fully saturated rings. The Morgan fingerprint density at radius 2 is 2.23 bits per heavy atom. The van der Waals surface area contributed by atoms with Crippen LogP contribution < -0.4 is 5.73 Å². The maximum Gasteiger partial charge on any atom is 0.275 e. The van der Waals surface area contributed by atoms with Crippen LogP contribution in [-0.2, 0) is 6.54 Å². The molecule has 1 rings (SSSR count). The monoisotopic (exact) mass is 264 g/mol. The Morgan fingerprint density at radius 1 is 1.62 bits per heavy atom. The zero-order valence-electron chi connectivity index (χ0n) is 6.46. The summed E-state index contributed by atoms with van der Waals surface area (Å²) in [5, 5.41) is 10.8. The minimum Gasteiger partial charge on any atom is -0.326 e. The molecule has 0 aliphatic carbocycles. The second kappa shape index (κ2) is 4.04. The van der Waals surface area contributed by atoms with Gasteiger partial charge in [0, 0.05) is 22.6 Å². The normalized spacial score (nSPS) is 10.1. The van der Waals surface area contributed by atoms with Gasteiger partial charge < -0.3 is 5.73 Å². The third-order valence-corrected chi connectivity index (χ3v) is 2.74. The Hall–Kier alpha value is -0.650. The average molecular weight is 265 g/mol. The molecule has 2 N–H and O–H groups in total. The van der Waals surface area contributed by atoms with Crippen LogP contribution in [0.15, 0.2) is 16.6 Å². The molecule has 0 saturated heterocycles. The minimum absolute atomic E-state index is 0.0456. The molecule has 0 unspecified atom stereocenters. The van der Waals surface area contributed by atoms with Crippen LogP contribution in [0.25, 0.3) is 0 Å². The molecule has 0 radical (unpaired) electrons. The van der Waals surface area contributed by atoms with Crippen LogP contribution in [0, 0.1) is 10.1 Å². The van der Waals surface area contributed by atoms with E-state index in [1.807, 2.05) is 0 Å². The second-order valence-corrected chi connectivity index (χ2v) is 3.62. The van der Waals surface area contributed by atoms with Crippen LogP contribution >= 0.6 is 27.5 Å². The van der Waals surface area contributed by atoms with E-state index in [2.05, 4.69) is 15.9 Å². The molecular formula is C7H6BrClN2O2. The molecule has 0 heterocycles. The van der Waals surface area contributed by atoms with Gasteiger partial charge >= 0.3 is 0 Å². The number of nitrogens with two attached hydrogens (primary N) is 1. The number of hydrogen-bond donors (Lipinski definition) is 1. The summed E-state index contributed by atoms with van der Waals surface area (Å²) in [5.74, 6) is 0. The standard InChI is InChI=1S/C7H6BrClN2O2/c8-5-1-4(3-10)7(11(12)13)2-6(5)9/h1-2H,3,10H2. The van der Waals surface area contributed by atoms with Crippen LogP contribution in [-0.4, -0.2) is 4.92 Å². The van der Waals surface area contributed by atoms with E-state index in [9.17, 15) is 10.1 Å². The second-order valence-electron chi connectivity index (χ2n) is 2.36. The van der Waals surface area contributed by atoms with Crippen molar-refractivity contribution in [3.8, 4) is 0 Å². The summed E-state index contributed by atoms with van der Waals surface area (Å²) in [6, 6.07) is 2.84. The van der Waals surface area contributed by atoms with Gasteiger partial charge in [0.2, 0.25) is 0 Å². The van der Waals surface area contributed by atoms with Crippen molar-refractivity contribution < 1.29 is 4.92 Å². The first-order valence-corrected chi connectivity index (χ1v) is 4.55.